The highest BCUT2D eigenvalue weighted by atomic mass is 32.1. The molecule has 1 N–H and O–H groups in total. The number of hydrogen-bond acceptors (Lipinski definition) is 7. The molecule has 3 aromatic heterocycles. The molecule has 0 radical (unpaired) electrons. The number of thiophene rings is 2. The van der Waals surface area contributed by atoms with E-state index in [1.165, 1.54) is 6.07 Å². The van der Waals surface area contributed by atoms with Crippen molar-refractivity contribution in [1.82, 2.24) is 9.78 Å². The van der Waals surface area contributed by atoms with Gasteiger partial charge in [0.1, 0.15) is 17.1 Å². The minimum Gasteiger partial charge on any atom is -0.462 e. The Balaban J connectivity index is 1.74. The number of nitrogens with zero attached hydrogens (tertiary/aromatic N) is 2. The van der Waals surface area contributed by atoms with E-state index in [2.05, 4.69) is 10.4 Å². The molecule has 3 rings (SSSR count). The second-order valence-corrected chi connectivity index (χ2v) is 8.36. The van der Waals surface area contributed by atoms with Gasteiger partial charge < -0.3 is 10.1 Å². The van der Waals surface area contributed by atoms with Crippen LogP contribution in [0.1, 0.15) is 27.0 Å². The first-order valence-electron chi connectivity index (χ1n) is 8.59. The van der Waals surface area contributed by atoms with Crippen molar-refractivity contribution in [2.75, 3.05) is 11.9 Å². The second-order valence-electron chi connectivity index (χ2n) is 6.02. The number of esters is 1. The summed E-state index contributed by atoms with van der Waals surface area (Å²) in [5.74, 6) is -0.812. The molecule has 0 aliphatic carbocycles. The molecule has 0 atom stereocenters. The number of hydrogen-bond donors (Lipinski definition) is 1. The molecule has 0 saturated heterocycles. The number of aromatic nitrogens is 2. The summed E-state index contributed by atoms with van der Waals surface area (Å²) < 4.78 is 6.13. The smallest absolute Gasteiger partial charge is 0.348 e. The van der Waals surface area contributed by atoms with Gasteiger partial charge in [-0.15, -0.1) is 22.7 Å². The molecule has 0 aliphatic rings. The van der Waals surface area contributed by atoms with Crippen molar-refractivity contribution < 1.29 is 14.3 Å². The largest absolute Gasteiger partial charge is 0.462 e. The Labute approximate surface area is 169 Å². The van der Waals surface area contributed by atoms with Crippen molar-refractivity contribution in [3.05, 3.63) is 56.0 Å². The molecule has 0 aliphatic heterocycles. The maximum atomic E-state index is 12.4. The quantitative estimate of drug-likeness (QED) is 0.620. The van der Waals surface area contributed by atoms with Crippen LogP contribution in [-0.2, 0) is 16.1 Å². The molecule has 0 spiro atoms. The minimum absolute atomic E-state index is 0.220. The highest BCUT2D eigenvalue weighted by Crippen LogP contribution is 2.27. The van der Waals surface area contributed by atoms with E-state index >= 15 is 0 Å². The van der Waals surface area contributed by atoms with Gasteiger partial charge in [-0.3, -0.25) is 9.59 Å². The summed E-state index contributed by atoms with van der Waals surface area (Å²) in [6.45, 7) is 5.57. The number of anilines is 1. The van der Waals surface area contributed by atoms with Crippen LogP contribution in [0.2, 0.25) is 0 Å². The van der Waals surface area contributed by atoms with Crippen LogP contribution in [0.5, 0.6) is 0 Å². The van der Waals surface area contributed by atoms with E-state index in [0.717, 1.165) is 31.3 Å². The summed E-state index contributed by atoms with van der Waals surface area (Å²) in [4.78, 5) is 38.9. The lowest BCUT2D eigenvalue weighted by Crippen LogP contribution is -2.29. The van der Waals surface area contributed by atoms with Crippen LogP contribution in [0, 0.1) is 13.8 Å². The van der Waals surface area contributed by atoms with Gasteiger partial charge in [-0.05, 0) is 50.6 Å². The van der Waals surface area contributed by atoms with E-state index in [9.17, 15) is 14.4 Å². The van der Waals surface area contributed by atoms with Gasteiger partial charge in [0.05, 0.1) is 16.5 Å². The maximum absolute atomic E-state index is 12.4. The lowest BCUT2D eigenvalue weighted by molar-refractivity contribution is -0.117. The Kier molecular flexibility index (Phi) is 6.05. The molecule has 0 fully saturated rings. The van der Waals surface area contributed by atoms with Gasteiger partial charge in [0.2, 0.25) is 5.91 Å². The van der Waals surface area contributed by atoms with E-state index in [1.807, 2.05) is 19.1 Å². The van der Waals surface area contributed by atoms with Crippen LogP contribution in [0.3, 0.4) is 0 Å². The van der Waals surface area contributed by atoms with E-state index in [4.69, 9.17) is 4.74 Å². The van der Waals surface area contributed by atoms with Gasteiger partial charge >= 0.3 is 5.97 Å². The number of carbonyl (C=O) groups excluding carboxylic acids is 2. The summed E-state index contributed by atoms with van der Waals surface area (Å²) in [6, 6.07) is 8.66. The Morgan fingerprint density at radius 1 is 1.18 bits per heavy atom. The molecule has 0 unspecified atom stereocenters. The predicted molar refractivity (Wildman–Crippen MR) is 110 cm³/mol. The summed E-state index contributed by atoms with van der Waals surface area (Å²) in [6.07, 6.45) is 0. The molecule has 28 heavy (non-hydrogen) atoms. The Morgan fingerprint density at radius 3 is 2.64 bits per heavy atom. The zero-order valence-corrected chi connectivity index (χ0v) is 17.3. The van der Waals surface area contributed by atoms with Crippen LogP contribution in [-0.4, -0.2) is 28.3 Å². The van der Waals surface area contributed by atoms with Crippen molar-refractivity contribution in [1.29, 1.82) is 0 Å². The number of aryl methyl sites for hydroxylation is 2. The van der Waals surface area contributed by atoms with Crippen molar-refractivity contribution in [2.45, 2.75) is 27.3 Å². The molecular formula is C19H19N3O4S2. The van der Waals surface area contributed by atoms with E-state index in [1.54, 1.807) is 37.3 Å². The number of rotatable bonds is 6. The Bertz CT molecular complexity index is 1080. The fourth-order valence-electron chi connectivity index (χ4n) is 2.52. The van der Waals surface area contributed by atoms with Gasteiger partial charge in [0.15, 0.2) is 0 Å². The van der Waals surface area contributed by atoms with Gasteiger partial charge in [-0.2, -0.15) is 5.10 Å². The highest BCUT2D eigenvalue weighted by Gasteiger charge is 2.16. The summed E-state index contributed by atoms with van der Waals surface area (Å²) >= 11 is 2.71. The van der Waals surface area contributed by atoms with Crippen LogP contribution in [0.25, 0.3) is 10.6 Å². The number of carbonyl (C=O) groups is 2. The average Bonchev–Trinajstić information content (AvgIpc) is 3.22. The highest BCUT2D eigenvalue weighted by molar-refractivity contribution is 7.18. The predicted octanol–water partition coefficient (Wildman–Crippen LogP) is 3.47. The number of amides is 1. The first kappa shape index (κ1) is 20.0. The van der Waals surface area contributed by atoms with Gasteiger partial charge in [0.25, 0.3) is 5.56 Å². The van der Waals surface area contributed by atoms with Crippen molar-refractivity contribution in [2.24, 2.45) is 0 Å². The topological polar surface area (TPSA) is 90.3 Å². The SMILES string of the molecule is CCOC(=O)c1sc(NC(=O)Cn2nc(-c3ccc(C)s3)ccc2=O)cc1C. The molecule has 7 nitrogen and oxygen atoms in total. The van der Waals surface area contributed by atoms with Gasteiger partial charge in [-0.25, -0.2) is 9.48 Å². The third-order valence-electron chi connectivity index (χ3n) is 3.79. The zero-order valence-electron chi connectivity index (χ0n) is 15.6. The molecular weight excluding hydrogens is 398 g/mol. The average molecular weight is 418 g/mol. The van der Waals surface area contributed by atoms with Crippen LogP contribution >= 0.6 is 22.7 Å². The molecule has 3 heterocycles. The third-order valence-corrected chi connectivity index (χ3v) is 5.95. The number of ether oxygens (including phenoxy) is 1. The van der Waals surface area contributed by atoms with Crippen LogP contribution in [0.4, 0.5) is 5.00 Å². The first-order chi connectivity index (χ1) is 13.4. The van der Waals surface area contributed by atoms with Crippen molar-refractivity contribution in [3.8, 4) is 10.6 Å². The Morgan fingerprint density at radius 2 is 1.96 bits per heavy atom. The van der Waals surface area contributed by atoms with Crippen molar-refractivity contribution in [3.63, 3.8) is 0 Å². The minimum atomic E-state index is -0.415. The molecule has 1 amide bonds. The van der Waals surface area contributed by atoms with Crippen molar-refractivity contribution >= 4 is 39.6 Å². The fraction of sp³-hybridized carbons (Fsp3) is 0.263. The molecule has 0 aromatic carbocycles. The van der Waals surface area contributed by atoms with Crippen LogP contribution in [0.15, 0.2) is 35.1 Å². The van der Waals surface area contributed by atoms with Crippen LogP contribution < -0.4 is 10.9 Å². The van der Waals surface area contributed by atoms with E-state index in [-0.39, 0.29) is 18.7 Å². The molecule has 0 saturated carbocycles. The monoisotopic (exact) mass is 417 g/mol. The lowest BCUT2D eigenvalue weighted by atomic mass is 10.3. The lowest BCUT2D eigenvalue weighted by Gasteiger charge is -2.06. The zero-order chi connectivity index (χ0) is 20.3. The molecule has 3 aromatic rings. The van der Waals surface area contributed by atoms with E-state index in [0.29, 0.717) is 15.6 Å². The summed E-state index contributed by atoms with van der Waals surface area (Å²) in [5, 5.41) is 7.53. The maximum Gasteiger partial charge on any atom is 0.348 e. The third kappa shape index (κ3) is 4.55. The normalized spacial score (nSPS) is 10.7. The van der Waals surface area contributed by atoms with E-state index < -0.39 is 11.9 Å². The van der Waals surface area contributed by atoms with Gasteiger partial charge in [-0.1, -0.05) is 0 Å². The first-order valence-corrected chi connectivity index (χ1v) is 10.2. The standard InChI is InChI=1S/C19H19N3O4S2/c1-4-26-19(25)18-11(2)9-16(28-18)20-15(23)10-22-17(24)8-6-13(21-22)14-7-5-12(3)27-14/h5-9H,4,10H2,1-3H3,(H,20,23). The fourth-order valence-corrected chi connectivity index (χ4v) is 4.34. The van der Waals surface area contributed by atoms with Gasteiger partial charge in [0, 0.05) is 10.9 Å². The summed E-state index contributed by atoms with van der Waals surface area (Å²) in [7, 11) is 0. The molecule has 0 bridgehead atoms. The molecule has 146 valence electrons. The second kappa shape index (κ2) is 8.49. The number of nitrogens with one attached hydrogen (secondary N) is 1. The summed E-state index contributed by atoms with van der Waals surface area (Å²) in [5.41, 5.74) is 1.01. The Hall–Kier alpha value is -2.78. The molecule has 9 heteroatoms.